The Bertz CT molecular complexity index is 1660. The first-order valence-corrected chi connectivity index (χ1v) is 15.7. The highest BCUT2D eigenvalue weighted by Gasteiger charge is 2.36. The highest BCUT2D eigenvalue weighted by atomic mass is 35.5. The molecule has 0 aliphatic rings. The average Bonchev–Trinajstić information content (AvgIpc) is 2.94. The highest BCUT2D eigenvalue weighted by molar-refractivity contribution is 7.93. The summed E-state index contributed by atoms with van der Waals surface area (Å²) in [6.07, 6.45) is 3.06. The lowest BCUT2D eigenvalue weighted by Crippen LogP contribution is -2.45. The third kappa shape index (κ3) is 7.49. The molecule has 1 unspecified atom stereocenters. The fourth-order valence-corrected chi connectivity index (χ4v) is 6.88. The van der Waals surface area contributed by atoms with Gasteiger partial charge in [0.2, 0.25) is 0 Å². The number of likely N-dealkylation sites (N-methyl/N-ethyl adjacent to an activating group) is 1. The highest BCUT2D eigenvalue weighted by Crippen LogP contribution is 2.34. The molecular weight excluding hydrogens is 597 g/mol. The van der Waals surface area contributed by atoms with E-state index in [9.17, 15) is 18.3 Å². The third-order valence-corrected chi connectivity index (χ3v) is 8.90. The number of halogens is 2. The molecular formula is C30H33Cl2N5O4S. The molecule has 0 bridgehead atoms. The normalized spacial score (nSPS) is 12.4. The molecule has 1 aromatic heterocycles. The number of carboxylic acids is 1. The molecule has 4 rings (SSSR count). The molecule has 0 amide bonds. The maximum absolute atomic E-state index is 14.0. The fraction of sp³-hybridized carbons (Fsp3) is 0.300. The minimum atomic E-state index is -4.36. The standard InChI is InChI=1S/C30H33Cl2N5O4S/c1-4-5-6-27(30(38)39)37(42(40,41)26-18-23(31)17-24(32)19-26)25-10-9-20-15-22(8-7-21(20)16-25)29-34-12-11-28(35-29)33-13-14-36(2)3/h7-12,15-19,27H,4-6,13-14H2,1-3H3,(H,38,39)(H,33,34,35). The van der Waals surface area contributed by atoms with Crippen LogP contribution in [0.25, 0.3) is 22.2 Å². The van der Waals surface area contributed by atoms with E-state index in [0.717, 1.165) is 33.7 Å². The van der Waals surface area contributed by atoms with Crippen molar-refractivity contribution in [2.24, 2.45) is 0 Å². The zero-order chi connectivity index (χ0) is 30.4. The fourth-order valence-electron chi connectivity index (χ4n) is 4.53. The minimum absolute atomic E-state index is 0.131. The van der Waals surface area contributed by atoms with Crippen molar-refractivity contribution < 1.29 is 18.3 Å². The topological polar surface area (TPSA) is 116 Å². The number of rotatable bonds is 13. The molecule has 42 heavy (non-hydrogen) atoms. The number of benzene rings is 3. The molecule has 2 N–H and O–H groups in total. The number of anilines is 2. The lowest BCUT2D eigenvalue weighted by Gasteiger charge is -2.30. The van der Waals surface area contributed by atoms with Crippen LogP contribution in [-0.2, 0) is 14.8 Å². The Labute approximate surface area is 256 Å². The van der Waals surface area contributed by atoms with Crippen LogP contribution in [0.4, 0.5) is 11.5 Å². The number of carbonyl (C=O) groups is 1. The lowest BCUT2D eigenvalue weighted by atomic mass is 10.0. The van der Waals surface area contributed by atoms with Gasteiger partial charge in [-0.15, -0.1) is 0 Å². The maximum Gasteiger partial charge on any atom is 0.327 e. The quantitative estimate of drug-likeness (QED) is 0.174. The van der Waals surface area contributed by atoms with Crippen LogP contribution in [0.15, 0.2) is 71.8 Å². The van der Waals surface area contributed by atoms with E-state index in [0.29, 0.717) is 24.5 Å². The Hall–Kier alpha value is -3.44. The molecule has 9 nitrogen and oxygen atoms in total. The molecule has 0 aliphatic carbocycles. The molecule has 222 valence electrons. The SMILES string of the molecule is CCCCC(C(=O)O)N(c1ccc2cc(-c3nccc(NCCN(C)C)n3)ccc2c1)S(=O)(=O)c1cc(Cl)cc(Cl)c1. The molecule has 0 saturated heterocycles. The van der Waals surface area contributed by atoms with Gasteiger partial charge in [-0.05, 0) is 73.8 Å². The van der Waals surface area contributed by atoms with Crippen LogP contribution in [0.5, 0.6) is 0 Å². The van der Waals surface area contributed by atoms with Crippen molar-refractivity contribution in [2.45, 2.75) is 37.1 Å². The van der Waals surface area contributed by atoms with Crippen LogP contribution in [0.1, 0.15) is 26.2 Å². The van der Waals surface area contributed by atoms with Gasteiger partial charge in [-0.25, -0.2) is 23.2 Å². The van der Waals surface area contributed by atoms with Crippen molar-refractivity contribution in [3.8, 4) is 11.4 Å². The van der Waals surface area contributed by atoms with E-state index in [-0.39, 0.29) is 27.0 Å². The van der Waals surface area contributed by atoms with E-state index in [1.165, 1.54) is 18.2 Å². The van der Waals surface area contributed by atoms with Crippen LogP contribution >= 0.6 is 23.2 Å². The number of nitrogens with zero attached hydrogens (tertiary/aromatic N) is 4. The van der Waals surface area contributed by atoms with Gasteiger partial charge in [0.15, 0.2) is 5.82 Å². The van der Waals surface area contributed by atoms with E-state index in [2.05, 4.69) is 20.2 Å². The second kappa shape index (κ2) is 13.7. The first kappa shape index (κ1) is 31.5. The third-order valence-electron chi connectivity index (χ3n) is 6.65. The predicted molar refractivity (Wildman–Crippen MR) is 169 cm³/mol. The number of unbranched alkanes of at least 4 members (excludes halogenated alkanes) is 1. The molecule has 12 heteroatoms. The Kier molecular flexibility index (Phi) is 10.3. The Balaban J connectivity index is 1.75. The monoisotopic (exact) mass is 629 g/mol. The first-order valence-electron chi connectivity index (χ1n) is 13.5. The predicted octanol–water partition coefficient (Wildman–Crippen LogP) is 6.42. The van der Waals surface area contributed by atoms with Crippen molar-refractivity contribution in [1.29, 1.82) is 0 Å². The number of aliphatic carboxylic acids is 1. The number of hydrogen-bond donors (Lipinski definition) is 2. The van der Waals surface area contributed by atoms with Crippen molar-refractivity contribution in [3.05, 3.63) is 76.9 Å². The molecule has 1 atom stereocenters. The summed E-state index contributed by atoms with van der Waals surface area (Å²) in [7, 11) is -0.354. The van der Waals surface area contributed by atoms with E-state index in [4.69, 9.17) is 23.2 Å². The van der Waals surface area contributed by atoms with Crippen LogP contribution in [0, 0.1) is 0 Å². The number of carboxylic acid groups (broad SMARTS) is 1. The lowest BCUT2D eigenvalue weighted by molar-refractivity contribution is -0.138. The van der Waals surface area contributed by atoms with Gasteiger partial charge in [0.05, 0.1) is 10.6 Å². The van der Waals surface area contributed by atoms with E-state index in [1.807, 2.05) is 45.3 Å². The smallest absolute Gasteiger partial charge is 0.327 e. The molecule has 1 heterocycles. The molecule has 4 aromatic rings. The molecule has 0 fully saturated rings. The molecule has 0 saturated carbocycles. The zero-order valence-electron chi connectivity index (χ0n) is 23.6. The van der Waals surface area contributed by atoms with Crippen molar-refractivity contribution in [3.63, 3.8) is 0 Å². The second-order valence-electron chi connectivity index (χ2n) is 10.1. The molecule has 3 aromatic carbocycles. The van der Waals surface area contributed by atoms with Crippen LogP contribution < -0.4 is 9.62 Å². The summed E-state index contributed by atoms with van der Waals surface area (Å²) in [4.78, 5) is 23.4. The van der Waals surface area contributed by atoms with Crippen LogP contribution in [0.2, 0.25) is 10.0 Å². The van der Waals surface area contributed by atoms with Gasteiger partial charge in [0, 0.05) is 34.9 Å². The summed E-state index contributed by atoms with van der Waals surface area (Å²) >= 11 is 12.2. The van der Waals surface area contributed by atoms with E-state index in [1.54, 1.807) is 24.4 Å². The maximum atomic E-state index is 14.0. The van der Waals surface area contributed by atoms with Crippen molar-refractivity contribution in [1.82, 2.24) is 14.9 Å². The summed E-state index contributed by atoms with van der Waals surface area (Å²) < 4.78 is 28.9. The van der Waals surface area contributed by atoms with Crippen molar-refractivity contribution in [2.75, 3.05) is 36.8 Å². The first-order chi connectivity index (χ1) is 20.0. The Morgan fingerprint density at radius 1 is 1.00 bits per heavy atom. The van der Waals surface area contributed by atoms with Gasteiger partial charge >= 0.3 is 5.97 Å². The minimum Gasteiger partial charge on any atom is -0.480 e. The zero-order valence-corrected chi connectivity index (χ0v) is 25.9. The van der Waals surface area contributed by atoms with E-state index < -0.39 is 22.0 Å². The largest absolute Gasteiger partial charge is 0.480 e. The van der Waals surface area contributed by atoms with Gasteiger partial charge in [-0.2, -0.15) is 0 Å². The van der Waals surface area contributed by atoms with Gasteiger partial charge in [0.25, 0.3) is 10.0 Å². The summed E-state index contributed by atoms with van der Waals surface area (Å²) in [5.74, 6) is 0.0150. The molecule has 0 spiro atoms. The van der Waals surface area contributed by atoms with Gasteiger partial charge in [0.1, 0.15) is 11.9 Å². The second-order valence-corrected chi connectivity index (χ2v) is 12.8. The van der Waals surface area contributed by atoms with Gasteiger partial charge in [-0.3, -0.25) is 4.31 Å². The summed E-state index contributed by atoms with van der Waals surface area (Å²) in [6, 6.07) is 15.1. The summed E-state index contributed by atoms with van der Waals surface area (Å²) in [5, 5.41) is 15.2. The number of fused-ring (bicyclic) bond motifs is 1. The Morgan fingerprint density at radius 2 is 1.69 bits per heavy atom. The van der Waals surface area contributed by atoms with Crippen LogP contribution in [-0.4, -0.2) is 67.6 Å². The average molecular weight is 631 g/mol. The number of nitrogens with one attached hydrogen (secondary N) is 1. The summed E-state index contributed by atoms with van der Waals surface area (Å²) in [6.45, 7) is 3.51. The number of aromatic nitrogens is 2. The number of hydrogen-bond acceptors (Lipinski definition) is 7. The molecule has 0 aliphatic heterocycles. The van der Waals surface area contributed by atoms with Crippen LogP contribution in [0.3, 0.4) is 0 Å². The Morgan fingerprint density at radius 3 is 2.36 bits per heavy atom. The van der Waals surface area contributed by atoms with E-state index >= 15 is 0 Å². The number of sulfonamides is 1. The van der Waals surface area contributed by atoms with Gasteiger partial charge < -0.3 is 15.3 Å². The summed E-state index contributed by atoms with van der Waals surface area (Å²) in [5.41, 5.74) is 1.01. The van der Waals surface area contributed by atoms with Crippen molar-refractivity contribution >= 4 is 61.5 Å². The molecule has 0 radical (unpaired) electrons. The van der Waals surface area contributed by atoms with Gasteiger partial charge in [-0.1, -0.05) is 61.2 Å².